The number of benzene rings is 1. The second-order valence-corrected chi connectivity index (χ2v) is 6.04. The van der Waals surface area contributed by atoms with Crippen molar-refractivity contribution in [3.8, 4) is 0 Å². The zero-order valence-corrected chi connectivity index (χ0v) is 13.2. The van der Waals surface area contributed by atoms with Crippen molar-refractivity contribution in [3.05, 3.63) is 30.6 Å². The van der Waals surface area contributed by atoms with Crippen LogP contribution in [0.2, 0.25) is 0 Å². The number of hydrogen-bond acceptors (Lipinski definition) is 5. The highest BCUT2D eigenvalue weighted by atomic mass is 16.2. The molecule has 1 aliphatic carbocycles. The molecule has 0 saturated heterocycles. The first-order valence-corrected chi connectivity index (χ1v) is 8.22. The third kappa shape index (κ3) is 2.82. The highest BCUT2D eigenvalue weighted by molar-refractivity contribution is 5.92. The average Bonchev–Trinajstić information content (AvgIpc) is 3.11. The third-order valence-electron chi connectivity index (χ3n) is 4.38. The molecule has 1 aromatic carbocycles. The number of nitrogens with zero attached hydrogens (tertiary/aromatic N) is 4. The van der Waals surface area contributed by atoms with Crippen LogP contribution in [0.25, 0.3) is 16.6 Å². The summed E-state index contributed by atoms with van der Waals surface area (Å²) >= 11 is 0. The summed E-state index contributed by atoms with van der Waals surface area (Å²) in [4.78, 5) is 16.6. The lowest BCUT2D eigenvalue weighted by Gasteiger charge is -2.23. The lowest BCUT2D eigenvalue weighted by Crippen LogP contribution is -2.45. The summed E-state index contributed by atoms with van der Waals surface area (Å²) < 4.78 is 1.71. The number of urea groups is 1. The molecular formula is C16H19N7O. The Kier molecular flexibility index (Phi) is 3.86. The summed E-state index contributed by atoms with van der Waals surface area (Å²) in [6, 6.07) is 7.69. The second-order valence-electron chi connectivity index (χ2n) is 6.04. The van der Waals surface area contributed by atoms with Crippen molar-refractivity contribution >= 4 is 28.5 Å². The smallest absolute Gasteiger partial charge is 0.333 e. The Labute approximate surface area is 138 Å². The molecule has 1 aliphatic rings. The highest BCUT2D eigenvalue weighted by Crippen LogP contribution is 2.19. The molecule has 1 fully saturated rings. The van der Waals surface area contributed by atoms with E-state index in [1.165, 1.54) is 19.3 Å². The van der Waals surface area contributed by atoms with Gasteiger partial charge in [0.1, 0.15) is 6.33 Å². The number of para-hydroxylation sites is 1. The first-order valence-electron chi connectivity index (χ1n) is 8.22. The van der Waals surface area contributed by atoms with Crippen LogP contribution >= 0.6 is 0 Å². The Balaban J connectivity index is 1.51. The van der Waals surface area contributed by atoms with Crippen LogP contribution in [0.4, 0.5) is 10.7 Å². The van der Waals surface area contributed by atoms with Crippen LogP contribution in [0.1, 0.15) is 32.1 Å². The maximum absolute atomic E-state index is 12.1. The average molecular weight is 325 g/mol. The van der Waals surface area contributed by atoms with Gasteiger partial charge in [-0.05, 0) is 25.0 Å². The topological polar surface area (TPSA) is 96.2 Å². The van der Waals surface area contributed by atoms with Gasteiger partial charge in [-0.3, -0.25) is 5.43 Å². The van der Waals surface area contributed by atoms with Gasteiger partial charge >= 0.3 is 6.03 Å². The van der Waals surface area contributed by atoms with Crippen molar-refractivity contribution in [2.75, 3.05) is 5.43 Å². The second kappa shape index (κ2) is 6.31. The van der Waals surface area contributed by atoms with Crippen LogP contribution in [-0.4, -0.2) is 31.7 Å². The van der Waals surface area contributed by atoms with Gasteiger partial charge in [0.05, 0.1) is 5.52 Å². The molecule has 4 rings (SSSR count). The van der Waals surface area contributed by atoms with E-state index in [0.29, 0.717) is 11.6 Å². The van der Waals surface area contributed by atoms with Gasteiger partial charge in [0.25, 0.3) is 0 Å². The van der Waals surface area contributed by atoms with E-state index < -0.39 is 0 Å². The fourth-order valence-corrected chi connectivity index (χ4v) is 3.17. The fourth-order valence-electron chi connectivity index (χ4n) is 3.17. The number of fused-ring (bicyclic) bond motifs is 3. The maximum Gasteiger partial charge on any atom is 0.333 e. The molecule has 8 heteroatoms. The molecule has 0 radical (unpaired) electrons. The molecule has 2 aromatic heterocycles. The lowest BCUT2D eigenvalue weighted by molar-refractivity contribution is 0.234. The first-order chi connectivity index (χ1) is 11.8. The van der Waals surface area contributed by atoms with Gasteiger partial charge in [0.2, 0.25) is 5.95 Å². The van der Waals surface area contributed by atoms with E-state index in [-0.39, 0.29) is 12.1 Å². The fraction of sp³-hybridized carbons (Fsp3) is 0.375. The number of anilines is 1. The Morgan fingerprint density at radius 2 is 2.00 bits per heavy atom. The Hall–Kier alpha value is -2.90. The molecule has 8 nitrogen and oxygen atoms in total. The van der Waals surface area contributed by atoms with E-state index in [1.807, 2.05) is 24.3 Å². The summed E-state index contributed by atoms with van der Waals surface area (Å²) in [6.45, 7) is 0. The van der Waals surface area contributed by atoms with Crippen LogP contribution < -0.4 is 16.2 Å². The SMILES string of the molecule is O=C(NNc1nc2ccccc2c2nncn12)NC1CCCCC1. The summed E-state index contributed by atoms with van der Waals surface area (Å²) in [5.41, 5.74) is 7.00. The number of hydrazine groups is 1. The van der Waals surface area contributed by atoms with Gasteiger partial charge in [0, 0.05) is 11.4 Å². The summed E-state index contributed by atoms with van der Waals surface area (Å²) in [6.07, 6.45) is 7.25. The van der Waals surface area contributed by atoms with Crippen molar-refractivity contribution in [2.24, 2.45) is 0 Å². The van der Waals surface area contributed by atoms with Crippen molar-refractivity contribution < 1.29 is 4.79 Å². The molecule has 3 N–H and O–H groups in total. The van der Waals surface area contributed by atoms with Gasteiger partial charge in [-0.25, -0.2) is 19.6 Å². The molecule has 2 heterocycles. The van der Waals surface area contributed by atoms with Crippen LogP contribution in [-0.2, 0) is 0 Å². The van der Waals surface area contributed by atoms with Crippen LogP contribution in [0.3, 0.4) is 0 Å². The minimum atomic E-state index is -0.252. The molecule has 0 aliphatic heterocycles. The zero-order valence-electron chi connectivity index (χ0n) is 13.2. The van der Waals surface area contributed by atoms with Gasteiger partial charge in [0.15, 0.2) is 5.65 Å². The van der Waals surface area contributed by atoms with Crippen LogP contribution in [0.5, 0.6) is 0 Å². The Bertz CT molecular complexity index is 869. The number of aromatic nitrogens is 4. The number of carbonyl (C=O) groups excluding carboxylic acids is 1. The van der Waals surface area contributed by atoms with Crippen molar-refractivity contribution in [1.29, 1.82) is 0 Å². The number of amides is 2. The predicted octanol–water partition coefficient (Wildman–Crippen LogP) is 2.24. The van der Waals surface area contributed by atoms with Gasteiger partial charge < -0.3 is 5.32 Å². The summed E-state index contributed by atoms with van der Waals surface area (Å²) in [5, 5.41) is 12.0. The summed E-state index contributed by atoms with van der Waals surface area (Å²) in [5.74, 6) is 0.465. The molecule has 0 unspecified atom stereocenters. The van der Waals surface area contributed by atoms with Gasteiger partial charge in [-0.15, -0.1) is 10.2 Å². The van der Waals surface area contributed by atoms with E-state index in [0.717, 1.165) is 23.7 Å². The minimum absolute atomic E-state index is 0.250. The van der Waals surface area contributed by atoms with E-state index in [4.69, 9.17) is 0 Å². The third-order valence-corrected chi connectivity index (χ3v) is 4.38. The normalized spacial score (nSPS) is 15.5. The molecule has 1 saturated carbocycles. The van der Waals surface area contributed by atoms with Gasteiger partial charge in [-0.2, -0.15) is 0 Å². The molecule has 0 atom stereocenters. The largest absolute Gasteiger partial charge is 0.334 e. The molecule has 124 valence electrons. The van der Waals surface area contributed by atoms with Crippen molar-refractivity contribution in [1.82, 2.24) is 30.3 Å². The van der Waals surface area contributed by atoms with Crippen LogP contribution in [0.15, 0.2) is 30.6 Å². The number of nitrogens with one attached hydrogen (secondary N) is 3. The van der Waals surface area contributed by atoms with E-state index >= 15 is 0 Å². The predicted molar refractivity (Wildman–Crippen MR) is 90.5 cm³/mol. The van der Waals surface area contributed by atoms with Crippen molar-refractivity contribution in [3.63, 3.8) is 0 Å². The summed E-state index contributed by atoms with van der Waals surface area (Å²) in [7, 11) is 0. The van der Waals surface area contributed by atoms with E-state index in [2.05, 4.69) is 31.3 Å². The zero-order chi connectivity index (χ0) is 16.4. The number of rotatable bonds is 3. The lowest BCUT2D eigenvalue weighted by atomic mass is 9.96. The van der Waals surface area contributed by atoms with E-state index in [1.54, 1.807) is 10.7 Å². The quantitative estimate of drug-likeness (QED) is 0.642. The highest BCUT2D eigenvalue weighted by Gasteiger charge is 2.16. The molecule has 3 aromatic rings. The Morgan fingerprint density at radius 3 is 2.88 bits per heavy atom. The maximum atomic E-state index is 12.1. The molecule has 24 heavy (non-hydrogen) atoms. The standard InChI is InChI=1S/C16H19N7O/c24-16(18-11-6-2-1-3-7-11)22-21-15-19-13-9-5-4-8-12(13)14-20-17-10-23(14)15/h4-5,8-11H,1-3,6-7H2,(H,19,21)(H2,18,22,24). The van der Waals surface area contributed by atoms with Gasteiger partial charge in [-0.1, -0.05) is 31.4 Å². The van der Waals surface area contributed by atoms with Crippen molar-refractivity contribution in [2.45, 2.75) is 38.1 Å². The molecule has 2 amide bonds. The molecular weight excluding hydrogens is 306 g/mol. The van der Waals surface area contributed by atoms with E-state index in [9.17, 15) is 4.79 Å². The number of hydrogen-bond donors (Lipinski definition) is 3. The monoisotopic (exact) mass is 325 g/mol. The minimum Gasteiger partial charge on any atom is -0.334 e. The Morgan fingerprint density at radius 1 is 1.17 bits per heavy atom. The van der Waals surface area contributed by atoms with Crippen LogP contribution in [0, 0.1) is 0 Å². The number of carbonyl (C=O) groups is 1. The molecule has 0 spiro atoms. The first kappa shape index (κ1) is 14.7. The molecule has 0 bridgehead atoms.